The van der Waals surface area contributed by atoms with Crippen LogP contribution < -0.4 is 0 Å². The molecule has 1 saturated carbocycles. The van der Waals surface area contributed by atoms with Gasteiger partial charge in [0.1, 0.15) is 5.78 Å². The molecule has 1 aromatic rings. The maximum absolute atomic E-state index is 12.0. The van der Waals surface area contributed by atoms with Crippen molar-refractivity contribution >= 4 is 11.6 Å². The minimum absolute atomic E-state index is 0.172. The van der Waals surface area contributed by atoms with Crippen molar-refractivity contribution in [1.82, 2.24) is 0 Å². The summed E-state index contributed by atoms with van der Waals surface area (Å²) in [6.07, 6.45) is 4.92. The zero-order chi connectivity index (χ0) is 12.1. The quantitative estimate of drug-likeness (QED) is 0.589. The first kappa shape index (κ1) is 12.0. The van der Waals surface area contributed by atoms with Crippen LogP contribution in [0, 0.1) is 5.92 Å². The molecule has 1 atom stereocenters. The van der Waals surface area contributed by atoms with Gasteiger partial charge in [-0.1, -0.05) is 36.8 Å². The van der Waals surface area contributed by atoms with Gasteiger partial charge in [-0.2, -0.15) is 0 Å². The van der Waals surface area contributed by atoms with E-state index in [4.69, 9.17) is 0 Å². The lowest BCUT2D eigenvalue weighted by molar-refractivity contribution is -0.119. The van der Waals surface area contributed by atoms with Gasteiger partial charge in [0.25, 0.3) is 0 Å². The van der Waals surface area contributed by atoms with E-state index in [2.05, 4.69) is 0 Å². The minimum atomic E-state index is 0.172. The second kappa shape index (κ2) is 5.76. The number of carbonyl (C=O) groups is 2. The maximum Gasteiger partial charge on any atom is 0.163 e. The molecule has 0 aliphatic heterocycles. The lowest BCUT2D eigenvalue weighted by Gasteiger charge is -2.11. The summed E-state index contributed by atoms with van der Waals surface area (Å²) in [4.78, 5) is 23.5. The number of ketones is 2. The molecule has 0 unspecified atom stereocenters. The van der Waals surface area contributed by atoms with Crippen LogP contribution in [-0.4, -0.2) is 11.6 Å². The Balaban J connectivity index is 1.96. The van der Waals surface area contributed by atoms with Crippen LogP contribution in [0.25, 0.3) is 0 Å². The van der Waals surface area contributed by atoms with E-state index in [1.54, 1.807) is 0 Å². The average Bonchev–Trinajstić information content (AvgIpc) is 2.55. The molecule has 90 valence electrons. The third-order valence-electron chi connectivity index (χ3n) is 3.40. The van der Waals surface area contributed by atoms with Crippen LogP contribution in [0.1, 0.15) is 48.9 Å². The summed E-state index contributed by atoms with van der Waals surface area (Å²) in [5.41, 5.74) is 0.768. The molecule has 0 saturated heterocycles. The molecule has 1 fully saturated rings. The van der Waals surface area contributed by atoms with E-state index in [9.17, 15) is 9.59 Å². The standard InChI is InChI=1S/C15H18O2/c16-14-9-5-4-6-12(10-14)11-15(17)13-7-2-1-3-8-13/h1-3,7-8,12H,4-6,9-11H2/t12-/m1/s1. The van der Waals surface area contributed by atoms with Gasteiger partial charge in [-0.3, -0.25) is 9.59 Å². The second-order valence-corrected chi connectivity index (χ2v) is 4.85. The van der Waals surface area contributed by atoms with Crippen LogP contribution >= 0.6 is 0 Å². The van der Waals surface area contributed by atoms with Gasteiger partial charge in [0.15, 0.2) is 5.78 Å². The largest absolute Gasteiger partial charge is 0.300 e. The molecule has 0 spiro atoms. The first-order valence-corrected chi connectivity index (χ1v) is 6.35. The predicted molar refractivity (Wildman–Crippen MR) is 67.0 cm³/mol. The highest BCUT2D eigenvalue weighted by molar-refractivity contribution is 5.96. The Labute approximate surface area is 102 Å². The number of hydrogen-bond donors (Lipinski definition) is 0. The number of hydrogen-bond acceptors (Lipinski definition) is 2. The van der Waals surface area contributed by atoms with Gasteiger partial charge in [0.05, 0.1) is 0 Å². The van der Waals surface area contributed by atoms with Crippen LogP contribution in [0.2, 0.25) is 0 Å². The highest BCUT2D eigenvalue weighted by Crippen LogP contribution is 2.24. The number of carbonyl (C=O) groups excluding carboxylic acids is 2. The molecule has 0 bridgehead atoms. The molecule has 1 aliphatic rings. The van der Waals surface area contributed by atoms with Crippen molar-refractivity contribution in [1.29, 1.82) is 0 Å². The average molecular weight is 230 g/mol. The zero-order valence-corrected chi connectivity index (χ0v) is 10.0. The van der Waals surface area contributed by atoms with Gasteiger partial charge in [0, 0.05) is 24.8 Å². The number of benzene rings is 1. The Morgan fingerprint density at radius 1 is 1.18 bits per heavy atom. The third-order valence-corrected chi connectivity index (χ3v) is 3.40. The molecule has 1 aliphatic carbocycles. The lowest BCUT2D eigenvalue weighted by atomic mass is 9.92. The molecule has 0 heterocycles. The number of rotatable bonds is 3. The summed E-state index contributed by atoms with van der Waals surface area (Å²) in [7, 11) is 0. The number of Topliss-reactive ketones (excluding diaryl/α,β-unsaturated/α-hetero) is 2. The van der Waals surface area contributed by atoms with Crippen LogP contribution in [0.5, 0.6) is 0 Å². The fourth-order valence-electron chi connectivity index (χ4n) is 2.46. The van der Waals surface area contributed by atoms with Gasteiger partial charge in [-0.05, 0) is 18.8 Å². The normalized spacial score (nSPS) is 20.9. The lowest BCUT2D eigenvalue weighted by Crippen LogP contribution is -2.11. The van der Waals surface area contributed by atoms with Gasteiger partial charge < -0.3 is 0 Å². The molecular formula is C15H18O2. The van der Waals surface area contributed by atoms with Crippen LogP contribution in [0.15, 0.2) is 30.3 Å². The highest BCUT2D eigenvalue weighted by Gasteiger charge is 2.20. The Hall–Kier alpha value is -1.44. The van der Waals surface area contributed by atoms with E-state index in [0.717, 1.165) is 24.8 Å². The Morgan fingerprint density at radius 3 is 2.71 bits per heavy atom. The summed E-state index contributed by atoms with van der Waals surface area (Å²) < 4.78 is 0. The van der Waals surface area contributed by atoms with Crippen molar-refractivity contribution in [2.75, 3.05) is 0 Å². The molecule has 0 amide bonds. The van der Waals surface area contributed by atoms with Gasteiger partial charge >= 0.3 is 0 Å². The molecule has 0 N–H and O–H groups in total. The Morgan fingerprint density at radius 2 is 1.94 bits per heavy atom. The Bertz CT molecular complexity index is 395. The van der Waals surface area contributed by atoms with Crippen molar-refractivity contribution < 1.29 is 9.59 Å². The first-order chi connectivity index (χ1) is 8.25. The minimum Gasteiger partial charge on any atom is -0.300 e. The van der Waals surface area contributed by atoms with E-state index >= 15 is 0 Å². The highest BCUT2D eigenvalue weighted by atomic mass is 16.1. The topological polar surface area (TPSA) is 34.1 Å². The SMILES string of the molecule is O=C1CCCC[C@@H](CC(=O)c2ccccc2)C1. The van der Waals surface area contributed by atoms with Crippen molar-refractivity contribution in [2.45, 2.75) is 38.5 Å². The van der Waals surface area contributed by atoms with Crippen molar-refractivity contribution in [3.8, 4) is 0 Å². The van der Waals surface area contributed by atoms with Gasteiger partial charge in [-0.15, -0.1) is 0 Å². The van der Waals surface area contributed by atoms with Gasteiger partial charge in [-0.25, -0.2) is 0 Å². The predicted octanol–water partition coefficient (Wildman–Crippen LogP) is 3.41. The summed E-state index contributed by atoms with van der Waals surface area (Å²) in [5.74, 6) is 0.761. The summed E-state index contributed by atoms with van der Waals surface area (Å²) >= 11 is 0. The summed E-state index contributed by atoms with van der Waals surface area (Å²) in [6.45, 7) is 0. The molecule has 0 aromatic heterocycles. The van der Waals surface area contributed by atoms with E-state index in [-0.39, 0.29) is 11.7 Å². The Kier molecular flexibility index (Phi) is 4.08. The van der Waals surface area contributed by atoms with Gasteiger partial charge in [0.2, 0.25) is 0 Å². The third kappa shape index (κ3) is 3.52. The monoisotopic (exact) mass is 230 g/mol. The van der Waals surface area contributed by atoms with Crippen LogP contribution in [-0.2, 0) is 4.79 Å². The fraction of sp³-hybridized carbons (Fsp3) is 0.467. The zero-order valence-electron chi connectivity index (χ0n) is 10.0. The second-order valence-electron chi connectivity index (χ2n) is 4.85. The molecular weight excluding hydrogens is 212 g/mol. The molecule has 17 heavy (non-hydrogen) atoms. The van der Waals surface area contributed by atoms with Crippen LogP contribution in [0.4, 0.5) is 0 Å². The molecule has 0 radical (unpaired) electrons. The molecule has 1 aromatic carbocycles. The van der Waals surface area contributed by atoms with Crippen LogP contribution in [0.3, 0.4) is 0 Å². The molecule has 2 heteroatoms. The van der Waals surface area contributed by atoms with Crippen molar-refractivity contribution in [2.24, 2.45) is 5.92 Å². The van der Waals surface area contributed by atoms with Crippen molar-refractivity contribution in [3.63, 3.8) is 0 Å². The maximum atomic E-state index is 12.0. The van der Waals surface area contributed by atoms with E-state index in [1.807, 2.05) is 30.3 Å². The molecule has 2 rings (SSSR count). The fourth-order valence-corrected chi connectivity index (χ4v) is 2.46. The van der Waals surface area contributed by atoms with E-state index < -0.39 is 0 Å². The van der Waals surface area contributed by atoms with Crippen molar-refractivity contribution in [3.05, 3.63) is 35.9 Å². The molecule has 2 nitrogen and oxygen atoms in total. The summed E-state index contributed by atoms with van der Waals surface area (Å²) in [5, 5.41) is 0. The first-order valence-electron chi connectivity index (χ1n) is 6.35. The van der Waals surface area contributed by atoms with E-state index in [1.165, 1.54) is 0 Å². The summed E-state index contributed by atoms with van der Waals surface area (Å²) in [6, 6.07) is 9.37. The smallest absolute Gasteiger partial charge is 0.163 e. The van der Waals surface area contributed by atoms with E-state index in [0.29, 0.717) is 25.0 Å².